The summed E-state index contributed by atoms with van der Waals surface area (Å²) < 4.78 is 11.0. The van der Waals surface area contributed by atoms with Gasteiger partial charge in [-0.05, 0) is 24.1 Å². The highest BCUT2D eigenvalue weighted by Gasteiger charge is 1.95. The molecule has 0 heterocycles. The minimum absolute atomic E-state index is 0.839. The van der Waals surface area contributed by atoms with E-state index in [4.69, 9.17) is 0 Å². The van der Waals surface area contributed by atoms with Gasteiger partial charge in [0.25, 0.3) is 0 Å². The second-order valence-electron chi connectivity index (χ2n) is 2.45. The third-order valence-corrected chi connectivity index (χ3v) is 2.60. The van der Waals surface area contributed by atoms with Gasteiger partial charge in [0, 0.05) is 22.0 Å². The van der Waals surface area contributed by atoms with Gasteiger partial charge in [-0.25, -0.2) is 0 Å². The maximum Gasteiger partial charge on any atom is 0.0498 e. The standard InChI is InChI=1S/C9H12OS/c1-3-8-4-6-9(7-5-8)11(2)10/h4-7H,3H2,1-2H3. The van der Waals surface area contributed by atoms with Crippen LogP contribution in [0.4, 0.5) is 0 Å². The topological polar surface area (TPSA) is 17.1 Å². The molecule has 0 aliphatic heterocycles. The van der Waals surface area contributed by atoms with E-state index >= 15 is 0 Å². The first-order valence-electron chi connectivity index (χ1n) is 3.66. The van der Waals surface area contributed by atoms with Gasteiger partial charge in [0.05, 0.1) is 0 Å². The first-order valence-corrected chi connectivity index (χ1v) is 5.22. The van der Waals surface area contributed by atoms with Gasteiger partial charge in [-0.15, -0.1) is 0 Å². The summed E-state index contributed by atoms with van der Waals surface area (Å²) in [7, 11) is -0.839. The molecular weight excluding hydrogens is 156 g/mol. The van der Waals surface area contributed by atoms with Gasteiger partial charge in [0.2, 0.25) is 0 Å². The lowest BCUT2D eigenvalue weighted by Gasteiger charge is -1.97. The second kappa shape index (κ2) is 3.67. The molecule has 60 valence electrons. The quantitative estimate of drug-likeness (QED) is 0.660. The van der Waals surface area contributed by atoms with E-state index < -0.39 is 10.8 Å². The van der Waals surface area contributed by atoms with Crippen molar-refractivity contribution in [1.82, 2.24) is 0 Å². The van der Waals surface area contributed by atoms with Crippen molar-refractivity contribution < 1.29 is 4.21 Å². The van der Waals surface area contributed by atoms with Crippen molar-refractivity contribution >= 4 is 10.8 Å². The summed E-state index contributed by atoms with van der Waals surface area (Å²) in [6, 6.07) is 7.90. The molecule has 0 radical (unpaired) electrons. The van der Waals surface area contributed by atoms with Crippen molar-refractivity contribution in [2.75, 3.05) is 6.26 Å². The van der Waals surface area contributed by atoms with Crippen LogP contribution in [0, 0.1) is 0 Å². The Kier molecular flexibility index (Phi) is 2.83. The van der Waals surface area contributed by atoms with Crippen LogP contribution in [0.2, 0.25) is 0 Å². The highest BCUT2D eigenvalue weighted by atomic mass is 32.2. The maximum atomic E-state index is 11.0. The number of benzene rings is 1. The first-order chi connectivity index (χ1) is 5.24. The number of aryl methyl sites for hydroxylation is 1. The molecule has 2 heteroatoms. The molecule has 0 bridgehead atoms. The summed E-state index contributed by atoms with van der Waals surface area (Å²) in [5, 5.41) is 0. The van der Waals surface area contributed by atoms with Crippen LogP contribution in [0.5, 0.6) is 0 Å². The fourth-order valence-electron chi connectivity index (χ4n) is 0.917. The summed E-state index contributed by atoms with van der Waals surface area (Å²) >= 11 is 0. The van der Waals surface area contributed by atoms with Gasteiger partial charge in [-0.3, -0.25) is 4.21 Å². The molecule has 0 fully saturated rings. The van der Waals surface area contributed by atoms with Crippen LogP contribution in [-0.2, 0) is 17.2 Å². The van der Waals surface area contributed by atoms with Crippen molar-refractivity contribution in [1.29, 1.82) is 0 Å². The normalized spacial score (nSPS) is 12.9. The van der Waals surface area contributed by atoms with Gasteiger partial charge >= 0.3 is 0 Å². The Labute approximate surface area is 69.9 Å². The largest absolute Gasteiger partial charge is 0.255 e. The average Bonchev–Trinajstić information content (AvgIpc) is 2.05. The number of rotatable bonds is 2. The highest BCUT2D eigenvalue weighted by molar-refractivity contribution is 7.84. The molecule has 0 spiro atoms. The van der Waals surface area contributed by atoms with Crippen LogP contribution < -0.4 is 0 Å². The fourth-order valence-corrected chi connectivity index (χ4v) is 1.44. The molecule has 1 atom stereocenters. The van der Waals surface area contributed by atoms with E-state index in [1.807, 2.05) is 24.3 Å². The second-order valence-corrected chi connectivity index (χ2v) is 3.83. The van der Waals surface area contributed by atoms with Gasteiger partial charge in [-0.2, -0.15) is 0 Å². The lowest BCUT2D eigenvalue weighted by Crippen LogP contribution is -1.87. The minimum atomic E-state index is -0.839. The molecule has 0 aliphatic carbocycles. The molecule has 0 saturated heterocycles. The van der Waals surface area contributed by atoms with Crippen LogP contribution >= 0.6 is 0 Å². The van der Waals surface area contributed by atoms with E-state index in [9.17, 15) is 4.21 Å². The van der Waals surface area contributed by atoms with Crippen LogP contribution in [-0.4, -0.2) is 10.5 Å². The zero-order valence-corrected chi connectivity index (χ0v) is 7.65. The average molecular weight is 168 g/mol. The zero-order chi connectivity index (χ0) is 8.27. The molecule has 11 heavy (non-hydrogen) atoms. The summed E-state index contributed by atoms with van der Waals surface area (Å²) in [4.78, 5) is 0.905. The molecule has 1 aromatic carbocycles. The molecule has 0 aromatic heterocycles. The summed E-state index contributed by atoms with van der Waals surface area (Å²) in [6.07, 6.45) is 2.73. The van der Waals surface area contributed by atoms with Gasteiger partial charge < -0.3 is 0 Å². The van der Waals surface area contributed by atoms with Gasteiger partial charge in [0.1, 0.15) is 0 Å². The van der Waals surface area contributed by atoms with E-state index in [1.165, 1.54) is 5.56 Å². The molecule has 0 amide bonds. The fraction of sp³-hybridized carbons (Fsp3) is 0.333. The van der Waals surface area contributed by atoms with E-state index in [2.05, 4.69) is 6.92 Å². The predicted octanol–water partition coefficient (Wildman–Crippen LogP) is 1.99. The molecule has 1 aromatic rings. The van der Waals surface area contributed by atoms with Crippen molar-refractivity contribution in [3.8, 4) is 0 Å². The van der Waals surface area contributed by atoms with Crippen LogP contribution in [0.1, 0.15) is 12.5 Å². The minimum Gasteiger partial charge on any atom is -0.255 e. The summed E-state index contributed by atoms with van der Waals surface area (Å²) in [6.45, 7) is 2.11. The SMILES string of the molecule is CCc1ccc(S(C)=O)cc1. The van der Waals surface area contributed by atoms with Gasteiger partial charge in [0.15, 0.2) is 0 Å². The van der Waals surface area contributed by atoms with Crippen molar-refractivity contribution in [3.05, 3.63) is 29.8 Å². The van der Waals surface area contributed by atoms with E-state index in [1.54, 1.807) is 6.26 Å². The maximum absolute atomic E-state index is 11.0. The Morgan fingerprint density at radius 2 is 1.82 bits per heavy atom. The van der Waals surface area contributed by atoms with Crippen molar-refractivity contribution in [2.24, 2.45) is 0 Å². The highest BCUT2D eigenvalue weighted by Crippen LogP contribution is 2.07. The Morgan fingerprint density at radius 1 is 1.27 bits per heavy atom. The molecule has 1 rings (SSSR count). The zero-order valence-electron chi connectivity index (χ0n) is 6.83. The Balaban J connectivity index is 2.91. The third-order valence-electron chi connectivity index (χ3n) is 1.66. The Hall–Kier alpha value is -0.630. The Bertz CT molecular complexity index is 251. The van der Waals surface area contributed by atoms with E-state index in [-0.39, 0.29) is 0 Å². The summed E-state index contributed by atoms with van der Waals surface area (Å²) in [5.41, 5.74) is 1.29. The molecule has 1 unspecified atom stereocenters. The smallest absolute Gasteiger partial charge is 0.0498 e. The first kappa shape index (κ1) is 8.47. The lowest BCUT2D eigenvalue weighted by molar-refractivity contribution is 0.687. The third kappa shape index (κ3) is 2.15. The molecule has 0 N–H and O–H groups in total. The lowest BCUT2D eigenvalue weighted by atomic mass is 10.2. The number of hydrogen-bond acceptors (Lipinski definition) is 1. The van der Waals surface area contributed by atoms with E-state index in [0.717, 1.165) is 11.3 Å². The number of hydrogen-bond donors (Lipinski definition) is 0. The van der Waals surface area contributed by atoms with Gasteiger partial charge in [-0.1, -0.05) is 19.1 Å². The molecule has 1 nitrogen and oxygen atoms in total. The van der Waals surface area contributed by atoms with Crippen molar-refractivity contribution in [2.45, 2.75) is 18.2 Å². The van der Waals surface area contributed by atoms with Crippen LogP contribution in [0.15, 0.2) is 29.2 Å². The predicted molar refractivity (Wildman–Crippen MR) is 48.2 cm³/mol. The molecular formula is C9H12OS. The summed E-state index contributed by atoms with van der Waals surface area (Å²) in [5.74, 6) is 0. The van der Waals surface area contributed by atoms with Crippen molar-refractivity contribution in [3.63, 3.8) is 0 Å². The molecule has 0 aliphatic rings. The van der Waals surface area contributed by atoms with Crippen LogP contribution in [0.3, 0.4) is 0 Å². The van der Waals surface area contributed by atoms with Crippen LogP contribution in [0.25, 0.3) is 0 Å². The van der Waals surface area contributed by atoms with E-state index in [0.29, 0.717) is 0 Å². The monoisotopic (exact) mass is 168 g/mol. The Morgan fingerprint density at radius 3 is 2.18 bits per heavy atom. The molecule has 0 saturated carbocycles.